The molecule has 0 radical (unpaired) electrons. The number of hydrogen-bond donors (Lipinski definition) is 0. The van der Waals surface area contributed by atoms with Gasteiger partial charge < -0.3 is 9.32 Å². The Hall–Kier alpha value is -1.87. The maximum atomic E-state index is 12.6. The molecule has 7 nitrogen and oxygen atoms in total. The van der Waals surface area contributed by atoms with Crippen LogP contribution in [-0.2, 0) is 14.6 Å². The molecule has 0 N–H and O–H groups in total. The van der Waals surface area contributed by atoms with E-state index in [1.165, 1.54) is 22.2 Å². The molecule has 27 heavy (non-hydrogen) atoms. The fraction of sp³-hybridized carbons (Fsp3) is 0.500. The second kappa shape index (κ2) is 7.63. The van der Waals surface area contributed by atoms with Crippen molar-refractivity contribution in [3.05, 3.63) is 29.3 Å². The molecule has 0 spiro atoms. The van der Waals surface area contributed by atoms with Crippen molar-refractivity contribution in [2.24, 2.45) is 0 Å². The zero-order chi connectivity index (χ0) is 19.8. The molecule has 0 bridgehead atoms. The van der Waals surface area contributed by atoms with Crippen LogP contribution in [0.2, 0.25) is 0 Å². The number of amides is 1. The Balaban J connectivity index is 1.65. The first-order valence-electron chi connectivity index (χ1n) is 8.71. The van der Waals surface area contributed by atoms with Crippen LogP contribution in [0.3, 0.4) is 0 Å². The number of rotatable bonds is 5. The van der Waals surface area contributed by atoms with Crippen molar-refractivity contribution in [2.75, 3.05) is 18.6 Å². The summed E-state index contributed by atoms with van der Waals surface area (Å²) in [6, 6.07) is 5.64. The lowest BCUT2D eigenvalue weighted by Crippen LogP contribution is -2.41. The molecule has 2 aromatic rings. The Morgan fingerprint density at radius 2 is 2.04 bits per heavy atom. The van der Waals surface area contributed by atoms with E-state index < -0.39 is 15.1 Å². The maximum Gasteiger partial charge on any atom is 0.277 e. The SMILES string of the molecule is Cc1ccc(-c2nnc(S[C@H](C)C(=O)N(C)[C@@H]3CCS(=O)(=O)C3)o2)cc1C. The summed E-state index contributed by atoms with van der Waals surface area (Å²) in [6.45, 7) is 5.81. The van der Waals surface area contributed by atoms with Gasteiger partial charge >= 0.3 is 0 Å². The molecule has 1 amide bonds. The molecular formula is C18H23N3O4S2. The molecule has 146 valence electrons. The summed E-state index contributed by atoms with van der Waals surface area (Å²) in [5.74, 6) is 0.438. The number of sulfone groups is 1. The highest BCUT2D eigenvalue weighted by Crippen LogP contribution is 2.28. The van der Waals surface area contributed by atoms with Gasteiger partial charge in [0.2, 0.25) is 11.8 Å². The van der Waals surface area contributed by atoms with Gasteiger partial charge in [-0.05, 0) is 50.5 Å². The van der Waals surface area contributed by atoms with Crippen LogP contribution in [0, 0.1) is 13.8 Å². The van der Waals surface area contributed by atoms with Gasteiger partial charge in [-0.3, -0.25) is 4.79 Å². The van der Waals surface area contributed by atoms with E-state index in [9.17, 15) is 13.2 Å². The third-order valence-electron chi connectivity index (χ3n) is 4.89. The van der Waals surface area contributed by atoms with Crippen LogP contribution in [0.4, 0.5) is 0 Å². The van der Waals surface area contributed by atoms with Gasteiger partial charge in [0.25, 0.3) is 5.22 Å². The minimum atomic E-state index is -3.03. The number of carbonyl (C=O) groups is 1. The van der Waals surface area contributed by atoms with Crippen LogP contribution in [0.15, 0.2) is 27.8 Å². The molecular weight excluding hydrogens is 386 g/mol. The summed E-state index contributed by atoms with van der Waals surface area (Å²) in [7, 11) is -1.38. The van der Waals surface area contributed by atoms with E-state index >= 15 is 0 Å². The number of carbonyl (C=O) groups excluding carboxylic acids is 1. The minimum Gasteiger partial charge on any atom is -0.411 e. The Kier molecular flexibility index (Phi) is 5.62. The van der Waals surface area contributed by atoms with Crippen LogP contribution in [-0.4, -0.2) is 59.3 Å². The van der Waals surface area contributed by atoms with Crippen LogP contribution in [0.1, 0.15) is 24.5 Å². The summed E-state index contributed by atoms with van der Waals surface area (Å²) in [5, 5.41) is 7.96. The van der Waals surface area contributed by atoms with Gasteiger partial charge in [0.1, 0.15) is 0 Å². The highest BCUT2D eigenvalue weighted by molar-refractivity contribution is 8.00. The lowest BCUT2D eigenvalue weighted by atomic mass is 10.1. The van der Waals surface area contributed by atoms with Crippen molar-refractivity contribution < 1.29 is 17.6 Å². The lowest BCUT2D eigenvalue weighted by Gasteiger charge is -2.25. The van der Waals surface area contributed by atoms with Crippen molar-refractivity contribution in [1.29, 1.82) is 0 Å². The molecule has 1 aliphatic heterocycles. The standard InChI is InChI=1S/C18H23N3O4S2/c1-11-5-6-14(9-12(11)2)16-19-20-18(25-16)26-13(3)17(22)21(4)15-7-8-27(23,24)10-15/h5-6,9,13,15H,7-8,10H2,1-4H3/t13-,15-/m1/s1. The van der Waals surface area contributed by atoms with Crippen molar-refractivity contribution >= 4 is 27.5 Å². The minimum absolute atomic E-state index is 0.0319. The second-order valence-electron chi connectivity index (χ2n) is 6.94. The van der Waals surface area contributed by atoms with E-state index in [-0.39, 0.29) is 23.5 Å². The third kappa shape index (κ3) is 4.52. The van der Waals surface area contributed by atoms with Gasteiger partial charge in [-0.15, -0.1) is 10.2 Å². The zero-order valence-corrected chi connectivity index (χ0v) is 17.4. The highest BCUT2D eigenvalue weighted by Gasteiger charge is 2.34. The van der Waals surface area contributed by atoms with Crippen LogP contribution >= 0.6 is 11.8 Å². The number of aromatic nitrogens is 2. The molecule has 0 unspecified atom stereocenters. The Morgan fingerprint density at radius 1 is 1.30 bits per heavy atom. The molecule has 1 fully saturated rings. The van der Waals surface area contributed by atoms with E-state index in [2.05, 4.69) is 10.2 Å². The molecule has 0 saturated carbocycles. The largest absolute Gasteiger partial charge is 0.411 e. The number of benzene rings is 1. The van der Waals surface area contributed by atoms with Gasteiger partial charge in [-0.25, -0.2) is 8.42 Å². The number of thioether (sulfide) groups is 1. The smallest absolute Gasteiger partial charge is 0.277 e. The average molecular weight is 410 g/mol. The van der Waals surface area contributed by atoms with Crippen molar-refractivity contribution in [3.8, 4) is 11.5 Å². The summed E-state index contributed by atoms with van der Waals surface area (Å²) in [6.07, 6.45) is 0.486. The highest BCUT2D eigenvalue weighted by atomic mass is 32.2. The van der Waals surface area contributed by atoms with Crippen molar-refractivity contribution in [1.82, 2.24) is 15.1 Å². The molecule has 0 aliphatic carbocycles. The molecule has 1 aliphatic rings. The fourth-order valence-corrected chi connectivity index (χ4v) is 5.56. The third-order valence-corrected chi connectivity index (χ3v) is 7.56. The quantitative estimate of drug-likeness (QED) is 0.700. The molecule has 1 aromatic carbocycles. The molecule has 1 saturated heterocycles. The topological polar surface area (TPSA) is 93.4 Å². The maximum absolute atomic E-state index is 12.6. The Bertz CT molecular complexity index is 955. The van der Waals surface area contributed by atoms with Gasteiger partial charge in [0.15, 0.2) is 9.84 Å². The summed E-state index contributed by atoms with van der Waals surface area (Å²) < 4.78 is 29.0. The lowest BCUT2D eigenvalue weighted by molar-refractivity contribution is -0.130. The van der Waals surface area contributed by atoms with Gasteiger partial charge in [-0.2, -0.15) is 0 Å². The monoisotopic (exact) mass is 409 g/mol. The normalized spacial score (nSPS) is 19.8. The number of aryl methyl sites for hydroxylation is 2. The Labute approximate surface area is 163 Å². The van der Waals surface area contributed by atoms with E-state index in [0.29, 0.717) is 17.5 Å². The summed E-state index contributed by atoms with van der Waals surface area (Å²) in [5.41, 5.74) is 3.16. The van der Waals surface area contributed by atoms with E-state index in [4.69, 9.17) is 4.42 Å². The number of nitrogens with zero attached hydrogens (tertiary/aromatic N) is 3. The Morgan fingerprint density at radius 3 is 2.67 bits per heavy atom. The number of hydrogen-bond acceptors (Lipinski definition) is 7. The summed E-state index contributed by atoms with van der Waals surface area (Å²) >= 11 is 1.18. The average Bonchev–Trinajstić information content (AvgIpc) is 3.22. The van der Waals surface area contributed by atoms with Gasteiger partial charge in [-0.1, -0.05) is 17.8 Å². The molecule has 9 heteroatoms. The fourth-order valence-electron chi connectivity index (χ4n) is 3.00. The van der Waals surface area contributed by atoms with Crippen molar-refractivity contribution in [3.63, 3.8) is 0 Å². The molecule has 2 atom stereocenters. The predicted molar refractivity (Wildman–Crippen MR) is 104 cm³/mol. The molecule has 1 aromatic heterocycles. The van der Waals surface area contributed by atoms with E-state index in [1.54, 1.807) is 14.0 Å². The summed E-state index contributed by atoms with van der Waals surface area (Å²) in [4.78, 5) is 14.2. The molecule has 3 rings (SSSR count). The first kappa shape index (κ1) is 19.9. The van der Waals surface area contributed by atoms with Gasteiger partial charge in [0.05, 0.1) is 16.8 Å². The molecule has 2 heterocycles. The van der Waals surface area contributed by atoms with E-state index in [0.717, 1.165) is 11.1 Å². The van der Waals surface area contributed by atoms with Crippen LogP contribution in [0.25, 0.3) is 11.5 Å². The predicted octanol–water partition coefficient (Wildman–Crippen LogP) is 2.48. The first-order chi connectivity index (χ1) is 12.7. The first-order valence-corrected chi connectivity index (χ1v) is 11.4. The zero-order valence-electron chi connectivity index (χ0n) is 15.8. The van der Waals surface area contributed by atoms with Crippen LogP contribution < -0.4 is 0 Å². The van der Waals surface area contributed by atoms with Gasteiger partial charge in [0, 0.05) is 18.7 Å². The van der Waals surface area contributed by atoms with E-state index in [1.807, 2.05) is 32.0 Å². The van der Waals surface area contributed by atoms with Crippen molar-refractivity contribution in [2.45, 2.75) is 43.7 Å². The van der Waals surface area contributed by atoms with Crippen LogP contribution in [0.5, 0.6) is 0 Å². The second-order valence-corrected chi connectivity index (χ2v) is 10.5.